The van der Waals surface area contributed by atoms with Crippen molar-refractivity contribution in [2.24, 2.45) is 16.6 Å². The molecule has 2 nitrogen and oxygen atoms in total. The summed E-state index contributed by atoms with van der Waals surface area (Å²) in [6.45, 7) is 2.01. The normalized spacial score (nSPS) is 21.9. The summed E-state index contributed by atoms with van der Waals surface area (Å²) in [4.78, 5) is 4.22. The van der Waals surface area contributed by atoms with Crippen LogP contribution in [0.1, 0.15) is 30.9 Å². The molecule has 0 fully saturated rings. The summed E-state index contributed by atoms with van der Waals surface area (Å²) in [5, 5.41) is 0. The topological polar surface area (TPSA) is 38.4 Å². The van der Waals surface area contributed by atoms with Crippen molar-refractivity contribution in [2.75, 3.05) is 0 Å². The third-order valence-electron chi connectivity index (χ3n) is 3.72. The van der Waals surface area contributed by atoms with E-state index in [0.29, 0.717) is 23.7 Å². The number of rotatable bonds is 5. The predicted octanol–water partition coefficient (Wildman–Crippen LogP) is 4.39. The minimum atomic E-state index is -0.289. The molecule has 1 aromatic carbocycles. The van der Waals surface area contributed by atoms with Crippen molar-refractivity contribution in [2.45, 2.75) is 37.6 Å². The fourth-order valence-corrected chi connectivity index (χ4v) is 2.92. The first-order valence-electron chi connectivity index (χ1n) is 7.03. The van der Waals surface area contributed by atoms with Crippen LogP contribution < -0.4 is 5.73 Å². The molecule has 114 valence electrons. The number of nitrogens with two attached hydrogens (primary N) is 1. The van der Waals surface area contributed by atoms with E-state index in [-0.39, 0.29) is 17.2 Å². The van der Waals surface area contributed by atoms with Gasteiger partial charge >= 0.3 is 0 Å². The van der Waals surface area contributed by atoms with E-state index in [1.54, 1.807) is 6.07 Å². The molecule has 1 aliphatic rings. The van der Waals surface area contributed by atoms with Crippen molar-refractivity contribution in [1.29, 1.82) is 0 Å². The number of alkyl halides is 2. The molecule has 0 amide bonds. The highest BCUT2D eigenvalue weighted by Crippen LogP contribution is 2.24. The number of dihydropyridines is 1. The van der Waals surface area contributed by atoms with E-state index >= 15 is 0 Å². The van der Waals surface area contributed by atoms with Gasteiger partial charge in [-0.3, -0.25) is 0 Å². The zero-order valence-electron chi connectivity index (χ0n) is 12.0. The highest BCUT2D eigenvalue weighted by Gasteiger charge is 2.19. The molecule has 2 N–H and O–H groups in total. The first kappa shape index (κ1) is 16.3. The van der Waals surface area contributed by atoms with Gasteiger partial charge in [-0.15, -0.1) is 11.6 Å². The Labute approximate surface area is 134 Å². The third-order valence-corrected chi connectivity index (χ3v) is 4.51. The van der Waals surface area contributed by atoms with Crippen molar-refractivity contribution in [3.05, 3.63) is 46.8 Å². The van der Waals surface area contributed by atoms with Crippen LogP contribution in [0.3, 0.4) is 0 Å². The lowest BCUT2D eigenvalue weighted by Crippen LogP contribution is -2.25. The maximum absolute atomic E-state index is 13.9. The minimum Gasteiger partial charge on any atom is -0.384 e. The molecule has 0 aliphatic carbocycles. The van der Waals surface area contributed by atoms with Gasteiger partial charge in [-0.25, -0.2) is 9.38 Å². The van der Waals surface area contributed by atoms with Crippen molar-refractivity contribution < 1.29 is 4.39 Å². The Morgan fingerprint density at radius 1 is 1.33 bits per heavy atom. The van der Waals surface area contributed by atoms with Crippen molar-refractivity contribution in [3.8, 4) is 0 Å². The average molecular weight is 329 g/mol. The summed E-state index contributed by atoms with van der Waals surface area (Å²) in [6, 6.07) is 5.02. The molecule has 0 saturated heterocycles. The Balaban J connectivity index is 2.00. The van der Waals surface area contributed by atoms with Crippen LogP contribution in [-0.2, 0) is 12.3 Å². The molecular formula is C16H19Cl2FN2. The summed E-state index contributed by atoms with van der Waals surface area (Å²) in [7, 11) is 0. The summed E-state index contributed by atoms with van der Waals surface area (Å²) in [5.74, 6) is 0.797. The van der Waals surface area contributed by atoms with Gasteiger partial charge in [-0.05, 0) is 42.0 Å². The molecule has 0 saturated carbocycles. The van der Waals surface area contributed by atoms with Crippen molar-refractivity contribution >= 4 is 29.0 Å². The van der Waals surface area contributed by atoms with Gasteiger partial charge in [0, 0.05) is 11.8 Å². The number of amidine groups is 1. The van der Waals surface area contributed by atoms with E-state index < -0.39 is 0 Å². The highest BCUT2D eigenvalue weighted by atomic mass is 35.5. The van der Waals surface area contributed by atoms with Crippen LogP contribution in [0, 0.1) is 11.7 Å². The van der Waals surface area contributed by atoms with E-state index in [1.807, 2.05) is 13.0 Å². The minimum absolute atomic E-state index is 0.167. The standard InChI is InChI=1S/C16H19Cl2FN2/c1-10-8-11(16(20)21-15(10)18)4-2-6-13-12(9-17)5-3-7-14(13)19/h3,5,7-8,10,15H,2,4,6,9H2,1H3,(H2,20,21). The summed E-state index contributed by atoms with van der Waals surface area (Å²) >= 11 is 11.9. The molecular weight excluding hydrogens is 310 g/mol. The van der Waals surface area contributed by atoms with E-state index in [0.717, 1.165) is 24.0 Å². The van der Waals surface area contributed by atoms with Gasteiger partial charge < -0.3 is 5.73 Å². The zero-order chi connectivity index (χ0) is 15.4. The Bertz CT molecular complexity index is 569. The molecule has 0 aromatic heterocycles. The molecule has 2 atom stereocenters. The lowest BCUT2D eigenvalue weighted by Gasteiger charge is -2.20. The monoisotopic (exact) mass is 328 g/mol. The molecule has 2 rings (SSSR count). The number of benzene rings is 1. The maximum atomic E-state index is 13.9. The van der Waals surface area contributed by atoms with Gasteiger partial charge in [0.05, 0.1) is 0 Å². The van der Waals surface area contributed by atoms with Crippen LogP contribution in [0.2, 0.25) is 0 Å². The van der Waals surface area contributed by atoms with Crippen LogP contribution in [0.4, 0.5) is 4.39 Å². The molecule has 0 radical (unpaired) electrons. The lowest BCUT2D eigenvalue weighted by atomic mass is 9.96. The first-order chi connectivity index (χ1) is 10.0. The largest absolute Gasteiger partial charge is 0.384 e. The fraction of sp³-hybridized carbons (Fsp3) is 0.438. The third kappa shape index (κ3) is 3.98. The molecule has 1 heterocycles. The molecule has 2 unspecified atom stereocenters. The van der Waals surface area contributed by atoms with Gasteiger partial charge in [-0.1, -0.05) is 36.7 Å². The van der Waals surface area contributed by atoms with Crippen LogP contribution in [0.15, 0.2) is 34.8 Å². The second kappa shape index (κ2) is 7.28. The number of aliphatic imine (C=N–C) groups is 1. The number of nitrogens with zero attached hydrogens (tertiary/aromatic N) is 1. The first-order valence-corrected chi connectivity index (χ1v) is 8.00. The van der Waals surface area contributed by atoms with Gasteiger partial charge in [0.25, 0.3) is 0 Å². The molecule has 21 heavy (non-hydrogen) atoms. The van der Waals surface area contributed by atoms with E-state index in [1.165, 1.54) is 6.07 Å². The Hall–Kier alpha value is -1.06. The van der Waals surface area contributed by atoms with Crippen LogP contribution in [0.5, 0.6) is 0 Å². The number of hydrogen-bond acceptors (Lipinski definition) is 2. The number of hydrogen-bond donors (Lipinski definition) is 1. The smallest absolute Gasteiger partial charge is 0.132 e. The highest BCUT2D eigenvalue weighted by molar-refractivity contribution is 6.22. The Morgan fingerprint density at radius 3 is 2.81 bits per heavy atom. The van der Waals surface area contributed by atoms with Gasteiger partial charge in [0.15, 0.2) is 0 Å². The predicted molar refractivity (Wildman–Crippen MR) is 87.4 cm³/mol. The molecule has 1 aromatic rings. The van der Waals surface area contributed by atoms with Crippen LogP contribution in [-0.4, -0.2) is 11.3 Å². The summed E-state index contributed by atoms with van der Waals surface area (Å²) < 4.78 is 13.9. The number of halogens is 3. The Kier molecular flexibility index (Phi) is 5.65. The van der Waals surface area contributed by atoms with Gasteiger partial charge in [0.2, 0.25) is 0 Å². The maximum Gasteiger partial charge on any atom is 0.132 e. The summed E-state index contributed by atoms with van der Waals surface area (Å²) in [5.41, 5.74) is 8.16. The fourth-order valence-electron chi connectivity index (χ4n) is 2.49. The van der Waals surface area contributed by atoms with Crippen molar-refractivity contribution in [3.63, 3.8) is 0 Å². The second-order valence-corrected chi connectivity index (χ2v) is 6.02. The zero-order valence-corrected chi connectivity index (χ0v) is 13.5. The SMILES string of the molecule is CC1C=C(CCCc2c(F)cccc2CCl)C(N)=NC1Cl. The van der Waals surface area contributed by atoms with Gasteiger partial charge in [0.1, 0.15) is 17.2 Å². The average Bonchev–Trinajstić information content (AvgIpc) is 2.45. The second-order valence-electron chi connectivity index (χ2n) is 5.30. The summed E-state index contributed by atoms with van der Waals surface area (Å²) in [6.07, 6.45) is 4.26. The van der Waals surface area contributed by atoms with E-state index in [4.69, 9.17) is 28.9 Å². The lowest BCUT2D eigenvalue weighted by molar-refractivity contribution is 0.601. The quantitative estimate of drug-likeness (QED) is 0.632. The van der Waals surface area contributed by atoms with Crippen LogP contribution >= 0.6 is 23.2 Å². The molecule has 1 aliphatic heterocycles. The molecule has 0 spiro atoms. The van der Waals surface area contributed by atoms with Crippen molar-refractivity contribution in [1.82, 2.24) is 0 Å². The van der Waals surface area contributed by atoms with Crippen LogP contribution in [0.25, 0.3) is 0 Å². The molecule has 5 heteroatoms. The molecule has 0 bridgehead atoms. The van der Waals surface area contributed by atoms with E-state index in [9.17, 15) is 4.39 Å². The van der Waals surface area contributed by atoms with E-state index in [2.05, 4.69) is 11.1 Å². The Morgan fingerprint density at radius 2 is 2.10 bits per heavy atom. The van der Waals surface area contributed by atoms with Gasteiger partial charge in [-0.2, -0.15) is 0 Å².